The van der Waals surface area contributed by atoms with Gasteiger partial charge >= 0.3 is 0 Å². The second kappa shape index (κ2) is 6.26. The van der Waals surface area contributed by atoms with Gasteiger partial charge in [0.05, 0.1) is 18.6 Å². The van der Waals surface area contributed by atoms with Crippen LogP contribution in [0.3, 0.4) is 0 Å². The molecule has 4 nitrogen and oxygen atoms in total. The first-order valence-electron chi connectivity index (χ1n) is 5.75. The Hall–Kier alpha value is -0.750. The Morgan fingerprint density at radius 3 is 2.53 bits per heavy atom. The summed E-state index contributed by atoms with van der Waals surface area (Å²) in [6.45, 7) is 1.22. The van der Waals surface area contributed by atoms with E-state index in [0.717, 1.165) is 18.0 Å². The number of methoxy groups -OCH3 is 1. The maximum absolute atomic E-state index is 12.3. The molecule has 0 aliphatic carbocycles. The van der Waals surface area contributed by atoms with Gasteiger partial charge in [-0.2, -0.15) is 0 Å². The molecule has 1 saturated heterocycles. The highest BCUT2D eigenvalue weighted by Crippen LogP contribution is 2.31. The van der Waals surface area contributed by atoms with E-state index < -0.39 is 18.4 Å². The lowest BCUT2D eigenvalue weighted by molar-refractivity contribution is -0.147. The number of alkyl halides is 2. The van der Waals surface area contributed by atoms with Gasteiger partial charge in [0.1, 0.15) is 0 Å². The Balaban J connectivity index is 2.71. The molecule has 1 aliphatic heterocycles. The van der Waals surface area contributed by atoms with Crippen LogP contribution in [-0.2, 0) is 9.53 Å². The SMILES string of the molecule is COCC1(C(=O)N(C)CC(F)F)CCNCC1. The van der Waals surface area contributed by atoms with Crippen molar-refractivity contribution in [2.75, 3.05) is 40.4 Å². The summed E-state index contributed by atoms with van der Waals surface area (Å²) in [5.41, 5.74) is -0.635. The standard InChI is InChI=1S/C11H20F2N2O2/c1-15(7-9(12)13)10(16)11(8-17-2)3-5-14-6-4-11/h9,14H,3-8H2,1-2H3. The van der Waals surface area contributed by atoms with E-state index in [1.54, 1.807) is 0 Å². The molecular weight excluding hydrogens is 230 g/mol. The zero-order valence-electron chi connectivity index (χ0n) is 10.3. The van der Waals surface area contributed by atoms with Crippen LogP contribution in [0.1, 0.15) is 12.8 Å². The van der Waals surface area contributed by atoms with Crippen LogP contribution in [0.15, 0.2) is 0 Å². The Labute approximate surface area is 100 Å². The number of piperidine rings is 1. The molecule has 0 atom stereocenters. The fourth-order valence-corrected chi connectivity index (χ4v) is 2.30. The summed E-state index contributed by atoms with van der Waals surface area (Å²) in [4.78, 5) is 13.4. The van der Waals surface area contributed by atoms with Crippen molar-refractivity contribution in [3.05, 3.63) is 0 Å². The molecule has 0 unspecified atom stereocenters. The quantitative estimate of drug-likeness (QED) is 0.782. The predicted molar refractivity (Wildman–Crippen MR) is 60.1 cm³/mol. The molecule has 1 aliphatic rings. The maximum atomic E-state index is 12.3. The second-order valence-corrected chi connectivity index (χ2v) is 4.54. The maximum Gasteiger partial charge on any atom is 0.255 e. The van der Waals surface area contributed by atoms with Crippen molar-refractivity contribution in [3.63, 3.8) is 0 Å². The molecule has 0 bridgehead atoms. The summed E-state index contributed by atoms with van der Waals surface area (Å²) in [6, 6.07) is 0. The van der Waals surface area contributed by atoms with Crippen LogP contribution in [0.5, 0.6) is 0 Å². The van der Waals surface area contributed by atoms with Crippen molar-refractivity contribution in [3.8, 4) is 0 Å². The summed E-state index contributed by atoms with van der Waals surface area (Å²) in [5, 5.41) is 3.16. The van der Waals surface area contributed by atoms with Crippen LogP contribution < -0.4 is 5.32 Å². The van der Waals surface area contributed by atoms with Crippen LogP contribution in [0.4, 0.5) is 8.78 Å². The van der Waals surface area contributed by atoms with Gasteiger partial charge in [0.2, 0.25) is 5.91 Å². The molecule has 100 valence electrons. The third-order valence-electron chi connectivity index (χ3n) is 3.19. The van der Waals surface area contributed by atoms with Gasteiger partial charge in [-0.3, -0.25) is 4.79 Å². The van der Waals surface area contributed by atoms with E-state index in [-0.39, 0.29) is 5.91 Å². The normalized spacial score (nSPS) is 19.4. The molecule has 0 aromatic heterocycles. The summed E-state index contributed by atoms with van der Waals surface area (Å²) in [7, 11) is 2.96. The molecular formula is C11H20F2N2O2. The zero-order valence-corrected chi connectivity index (χ0v) is 10.3. The number of halogens is 2. The first kappa shape index (κ1) is 14.3. The summed E-state index contributed by atoms with van der Waals surface area (Å²) in [5.74, 6) is -0.235. The molecule has 0 spiro atoms. The van der Waals surface area contributed by atoms with Crippen molar-refractivity contribution in [2.45, 2.75) is 19.3 Å². The average molecular weight is 250 g/mol. The third kappa shape index (κ3) is 3.61. The van der Waals surface area contributed by atoms with Crippen molar-refractivity contribution in [1.29, 1.82) is 0 Å². The molecule has 0 saturated carbocycles. The van der Waals surface area contributed by atoms with Gasteiger partial charge in [-0.25, -0.2) is 8.78 Å². The molecule has 0 aromatic rings. The lowest BCUT2D eigenvalue weighted by atomic mass is 9.78. The topological polar surface area (TPSA) is 41.6 Å². The van der Waals surface area contributed by atoms with Crippen molar-refractivity contribution in [2.24, 2.45) is 5.41 Å². The first-order valence-corrected chi connectivity index (χ1v) is 5.75. The fraction of sp³-hybridized carbons (Fsp3) is 0.909. The molecule has 1 N–H and O–H groups in total. The molecule has 1 heterocycles. The number of amides is 1. The largest absolute Gasteiger partial charge is 0.384 e. The fourth-order valence-electron chi connectivity index (χ4n) is 2.30. The van der Waals surface area contributed by atoms with E-state index in [2.05, 4.69) is 5.32 Å². The lowest BCUT2D eigenvalue weighted by Gasteiger charge is -2.38. The summed E-state index contributed by atoms with van der Waals surface area (Å²) >= 11 is 0. The van der Waals surface area contributed by atoms with E-state index in [9.17, 15) is 13.6 Å². The number of nitrogens with one attached hydrogen (secondary N) is 1. The zero-order chi connectivity index (χ0) is 12.9. The smallest absolute Gasteiger partial charge is 0.255 e. The molecule has 0 aromatic carbocycles. The van der Waals surface area contributed by atoms with E-state index in [0.29, 0.717) is 19.4 Å². The Bertz CT molecular complexity index is 250. The van der Waals surface area contributed by atoms with Gasteiger partial charge in [-0.1, -0.05) is 0 Å². The number of hydrogen-bond donors (Lipinski definition) is 1. The number of nitrogens with zero attached hydrogens (tertiary/aromatic N) is 1. The van der Waals surface area contributed by atoms with Crippen LogP contribution in [0, 0.1) is 5.41 Å². The molecule has 1 rings (SSSR count). The number of ether oxygens (including phenoxy) is 1. The van der Waals surface area contributed by atoms with Gasteiger partial charge in [0, 0.05) is 14.2 Å². The van der Waals surface area contributed by atoms with Gasteiger partial charge in [0.25, 0.3) is 6.43 Å². The van der Waals surface area contributed by atoms with Crippen LogP contribution in [-0.4, -0.2) is 57.6 Å². The highest BCUT2D eigenvalue weighted by molar-refractivity contribution is 5.83. The minimum absolute atomic E-state index is 0.235. The number of carbonyl (C=O) groups is 1. The molecule has 1 fully saturated rings. The van der Waals surface area contributed by atoms with Crippen LogP contribution in [0.2, 0.25) is 0 Å². The van der Waals surface area contributed by atoms with Crippen LogP contribution in [0.25, 0.3) is 0 Å². The summed E-state index contributed by atoms with van der Waals surface area (Å²) < 4.78 is 29.7. The first-order chi connectivity index (χ1) is 8.02. The van der Waals surface area contributed by atoms with E-state index in [4.69, 9.17) is 4.74 Å². The van der Waals surface area contributed by atoms with Crippen LogP contribution >= 0.6 is 0 Å². The number of hydrogen-bond acceptors (Lipinski definition) is 3. The monoisotopic (exact) mass is 250 g/mol. The molecule has 1 amide bonds. The minimum Gasteiger partial charge on any atom is -0.384 e. The van der Waals surface area contributed by atoms with Gasteiger partial charge in [0.15, 0.2) is 0 Å². The van der Waals surface area contributed by atoms with E-state index >= 15 is 0 Å². The Morgan fingerprint density at radius 1 is 1.47 bits per heavy atom. The molecule has 0 radical (unpaired) electrons. The minimum atomic E-state index is -2.50. The van der Waals surface area contributed by atoms with Gasteiger partial charge < -0.3 is 15.0 Å². The second-order valence-electron chi connectivity index (χ2n) is 4.54. The lowest BCUT2D eigenvalue weighted by Crippen LogP contribution is -2.51. The number of rotatable bonds is 5. The summed E-state index contributed by atoms with van der Waals surface area (Å²) in [6.07, 6.45) is -1.23. The third-order valence-corrected chi connectivity index (χ3v) is 3.19. The van der Waals surface area contributed by atoms with Crippen molar-refractivity contribution in [1.82, 2.24) is 10.2 Å². The van der Waals surface area contributed by atoms with E-state index in [1.165, 1.54) is 14.2 Å². The highest BCUT2D eigenvalue weighted by Gasteiger charge is 2.41. The van der Waals surface area contributed by atoms with Crippen molar-refractivity contribution >= 4 is 5.91 Å². The molecule has 6 heteroatoms. The highest BCUT2D eigenvalue weighted by atomic mass is 19.3. The predicted octanol–water partition coefficient (Wildman–Crippen LogP) is 0.726. The Morgan fingerprint density at radius 2 is 2.06 bits per heavy atom. The average Bonchev–Trinajstić information content (AvgIpc) is 2.28. The van der Waals surface area contributed by atoms with Gasteiger partial charge in [-0.05, 0) is 25.9 Å². The van der Waals surface area contributed by atoms with Crippen molar-refractivity contribution < 1.29 is 18.3 Å². The number of carbonyl (C=O) groups excluding carboxylic acids is 1. The van der Waals surface area contributed by atoms with Gasteiger partial charge in [-0.15, -0.1) is 0 Å². The Kier molecular flexibility index (Phi) is 5.27. The molecule has 17 heavy (non-hydrogen) atoms. The van der Waals surface area contributed by atoms with E-state index in [1.807, 2.05) is 0 Å².